The number of fused-ring (bicyclic) bond motifs is 1. The maximum Gasteiger partial charge on any atom is 0.329 e. The zero-order valence-corrected chi connectivity index (χ0v) is 17.1. The first-order valence-corrected chi connectivity index (χ1v) is 9.84. The number of benzene rings is 2. The van der Waals surface area contributed by atoms with Gasteiger partial charge in [0.05, 0.1) is 24.2 Å². The Balaban J connectivity index is 1.62. The van der Waals surface area contributed by atoms with E-state index in [4.69, 9.17) is 9.47 Å². The second-order valence-electron chi connectivity index (χ2n) is 6.66. The predicted molar refractivity (Wildman–Crippen MR) is 113 cm³/mol. The monoisotopic (exact) mass is 397 g/mol. The molecular formula is C22H27N3O4. The molecule has 29 heavy (non-hydrogen) atoms. The molecule has 1 heterocycles. The van der Waals surface area contributed by atoms with Crippen LogP contribution in [0, 0.1) is 0 Å². The number of nitrogens with one attached hydrogen (secondary N) is 1. The Morgan fingerprint density at radius 2 is 1.69 bits per heavy atom. The lowest BCUT2D eigenvalue weighted by molar-refractivity contribution is -0.121. The highest BCUT2D eigenvalue weighted by Crippen LogP contribution is 2.28. The third kappa shape index (κ3) is 4.62. The second-order valence-corrected chi connectivity index (χ2v) is 6.66. The van der Waals surface area contributed by atoms with Crippen LogP contribution in [-0.2, 0) is 24.8 Å². The van der Waals surface area contributed by atoms with Crippen LogP contribution in [-0.4, -0.2) is 34.8 Å². The van der Waals surface area contributed by atoms with Crippen molar-refractivity contribution < 1.29 is 14.3 Å². The van der Waals surface area contributed by atoms with Crippen molar-refractivity contribution >= 4 is 16.9 Å². The van der Waals surface area contributed by atoms with Crippen LogP contribution in [0.4, 0.5) is 0 Å². The van der Waals surface area contributed by atoms with E-state index in [-0.39, 0.29) is 18.1 Å². The van der Waals surface area contributed by atoms with Crippen molar-refractivity contribution in [3.63, 3.8) is 0 Å². The van der Waals surface area contributed by atoms with Gasteiger partial charge in [0.25, 0.3) is 0 Å². The Kier molecular flexibility index (Phi) is 6.59. The van der Waals surface area contributed by atoms with Crippen molar-refractivity contribution in [3.8, 4) is 11.5 Å². The number of imidazole rings is 1. The van der Waals surface area contributed by atoms with E-state index < -0.39 is 0 Å². The third-order valence-electron chi connectivity index (χ3n) is 4.70. The minimum absolute atomic E-state index is 0.00629. The number of aryl methyl sites for hydroxylation is 1. The normalized spacial score (nSPS) is 10.9. The largest absolute Gasteiger partial charge is 0.490 e. The Morgan fingerprint density at radius 1 is 1.00 bits per heavy atom. The van der Waals surface area contributed by atoms with Gasteiger partial charge in [-0.25, -0.2) is 4.79 Å². The minimum Gasteiger partial charge on any atom is -0.490 e. The summed E-state index contributed by atoms with van der Waals surface area (Å²) < 4.78 is 14.3. The predicted octanol–water partition coefficient (Wildman–Crippen LogP) is 2.50. The van der Waals surface area contributed by atoms with Gasteiger partial charge in [-0.05, 0) is 50.1 Å². The Morgan fingerprint density at radius 3 is 2.41 bits per heavy atom. The van der Waals surface area contributed by atoms with Gasteiger partial charge in [0.15, 0.2) is 11.5 Å². The van der Waals surface area contributed by atoms with Gasteiger partial charge in [-0.2, -0.15) is 0 Å². The van der Waals surface area contributed by atoms with Gasteiger partial charge in [0, 0.05) is 13.6 Å². The first-order valence-electron chi connectivity index (χ1n) is 9.84. The number of ether oxygens (including phenoxy) is 2. The molecule has 0 saturated carbocycles. The Bertz CT molecular complexity index is 1050. The highest BCUT2D eigenvalue weighted by Gasteiger charge is 2.13. The van der Waals surface area contributed by atoms with E-state index >= 15 is 0 Å². The number of hydrogen-bond acceptors (Lipinski definition) is 4. The van der Waals surface area contributed by atoms with E-state index in [1.165, 1.54) is 4.57 Å². The van der Waals surface area contributed by atoms with Crippen molar-refractivity contribution in [2.45, 2.75) is 26.8 Å². The lowest BCUT2D eigenvalue weighted by atomic mass is 10.1. The van der Waals surface area contributed by atoms with Crippen LogP contribution in [0.2, 0.25) is 0 Å². The van der Waals surface area contributed by atoms with Crippen molar-refractivity contribution in [2.75, 3.05) is 19.8 Å². The van der Waals surface area contributed by atoms with Crippen LogP contribution in [0.5, 0.6) is 11.5 Å². The number of hydrogen-bond donors (Lipinski definition) is 1. The molecule has 3 rings (SSSR count). The molecule has 154 valence electrons. The molecule has 1 aromatic heterocycles. The van der Waals surface area contributed by atoms with Crippen molar-refractivity contribution in [2.24, 2.45) is 7.05 Å². The van der Waals surface area contributed by atoms with Gasteiger partial charge >= 0.3 is 5.69 Å². The average molecular weight is 397 g/mol. The summed E-state index contributed by atoms with van der Waals surface area (Å²) in [4.78, 5) is 24.8. The van der Waals surface area contributed by atoms with Crippen molar-refractivity contribution in [3.05, 3.63) is 58.5 Å². The molecule has 0 radical (unpaired) electrons. The zero-order valence-electron chi connectivity index (χ0n) is 17.1. The highest BCUT2D eigenvalue weighted by molar-refractivity contribution is 5.80. The molecular weight excluding hydrogens is 370 g/mol. The fraction of sp³-hybridized carbons (Fsp3) is 0.364. The molecule has 1 N–H and O–H groups in total. The molecule has 2 aromatic carbocycles. The van der Waals surface area contributed by atoms with Gasteiger partial charge in [0.2, 0.25) is 5.91 Å². The quantitative estimate of drug-likeness (QED) is 0.602. The van der Waals surface area contributed by atoms with E-state index in [0.29, 0.717) is 31.9 Å². The summed E-state index contributed by atoms with van der Waals surface area (Å²) in [6, 6.07) is 13.2. The van der Waals surface area contributed by atoms with E-state index in [0.717, 1.165) is 22.3 Å². The summed E-state index contributed by atoms with van der Waals surface area (Å²) in [6.07, 6.45) is 0.655. The van der Waals surface area contributed by atoms with E-state index in [9.17, 15) is 9.59 Å². The molecule has 7 nitrogen and oxygen atoms in total. The number of amides is 1. The fourth-order valence-corrected chi connectivity index (χ4v) is 3.31. The smallest absolute Gasteiger partial charge is 0.329 e. The summed E-state index contributed by atoms with van der Waals surface area (Å²) in [5, 5.41) is 2.89. The highest BCUT2D eigenvalue weighted by atomic mass is 16.5. The Labute approximate surface area is 169 Å². The van der Waals surface area contributed by atoms with Crippen LogP contribution in [0.25, 0.3) is 11.0 Å². The van der Waals surface area contributed by atoms with E-state index in [1.807, 2.05) is 56.3 Å². The molecule has 0 spiro atoms. The molecule has 0 aliphatic rings. The molecule has 1 amide bonds. The van der Waals surface area contributed by atoms with Gasteiger partial charge in [-0.15, -0.1) is 0 Å². The number of aromatic nitrogens is 2. The van der Waals surface area contributed by atoms with E-state index in [1.54, 1.807) is 11.6 Å². The molecule has 7 heteroatoms. The summed E-state index contributed by atoms with van der Waals surface area (Å²) in [5.41, 5.74) is 2.40. The molecule has 0 saturated heterocycles. The van der Waals surface area contributed by atoms with Crippen LogP contribution in [0.15, 0.2) is 47.3 Å². The molecule has 0 bridgehead atoms. The van der Waals surface area contributed by atoms with Crippen LogP contribution >= 0.6 is 0 Å². The fourth-order valence-electron chi connectivity index (χ4n) is 3.31. The topological polar surface area (TPSA) is 74.5 Å². The first-order chi connectivity index (χ1) is 14.0. The average Bonchev–Trinajstić information content (AvgIpc) is 2.95. The maximum atomic E-state index is 12.4. The Hall–Kier alpha value is -3.22. The summed E-state index contributed by atoms with van der Waals surface area (Å²) in [7, 11) is 1.71. The van der Waals surface area contributed by atoms with E-state index in [2.05, 4.69) is 5.32 Å². The number of carbonyl (C=O) groups excluding carboxylic acids is 1. The SMILES string of the molecule is CCOc1ccc(CCNC(=O)Cn2c(=O)n(C)c3ccccc32)cc1OCC. The van der Waals surface area contributed by atoms with Crippen LogP contribution < -0.4 is 20.5 Å². The summed E-state index contributed by atoms with van der Waals surface area (Å²) >= 11 is 0. The molecule has 0 atom stereocenters. The molecule has 0 fully saturated rings. The number of nitrogens with zero attached hydrogens (tertiary/aromatic N) is 2. The number of carbonyl (C=O) groups is 1. The first kappa shape index (κ1) is 20.5. The zero-order chi connectivity index (χ0) is 20.8. The van der Waals surface area contributed by atoms with Gasteiger partial charge in [-0.3, -0.25) is 13.9 Å². The molecule has 0 aliphatic heterocycles. The summed E-state index contributed by atoms with van der Waals surface area (Å²) in [6.45, 7) is 5.45. The molecule has 0 aliphatic carbocycles. The van der Waals surface area contributed by atoms with Crippen molar-refractivity contribution in [1.82, 2.24) is 14.5 Å². The van der Waals surface area contributed by atoms with Gasteiger partial charge in [-0.1, -0.05) is 18.2 Å². The minimum atomic E-state index is -0.200. The summed E-state index contributed by atoms with van der Waals surface area (Å²) in [5.74, 6) is 1.23. The maximum absolute atomic E-state index is 12.4. The van der Waals surface area contributed by atoms with Crippen molar-refractivity contribution in [1.29, 1.82) is 0 Å². The lowest BCUT2D eigenvalue weighted by Crippen LogP contribution is -2.33. The standard InChI is InChI=1S/C22H27N3O4/c1-4-28-19-11-10-16(14-20(19)29-5-2)12-13-23-21(26)15-25-18-9-7-6-8-17(18)24(3)22(25)27/h6-11,14H,4-5,12-13,15H2,1-3H3,(H,23,26). The van der Waals surface area contributed by atoms with Crippen LogP contribution in [0.1, 0.15) is 19.4 Å². The number of para-hydroxylation sites is 2. The van der Waals surface area contributed by atoms with Gasteiger partial charge in [0.1, 0.15) is 6.54 Å². The van der Waals surface area contributed by atoms with Crippen LogP contribution in [0.3, 0.4) is 0 Å². The number of rotatable bonds is 9. The molecule has 3 aromatic rings. The lowest BCUT2D eigenvalue weighted by Gasteiger charge is -2.12. The third-order valence-corrected chi connectivity index (χ3v) is 4.70. The molecule has 0 unspecified atom stereocenters. The second kappa shape index (κ2) is 9.32. The van der Waals surface area contributed by atoms with Gasteiger partial charge < -0.3 is 14.8 Å².